The Hall–Kier alpha value is -1.62. The molecule has 118 valence electrons. The van der Waals surface area contributed by atoms with Crippen molar-refractivity contribution in [3.63, 3.8) is 0 Å². The number of esters is 1. The molecule has 0 spiro atoms. The number of halogens is 1. The maximum Gasteiger partial charge on any atom is 0.306 e. The van der Waals surface area contributed by atoms with Gasteiger partial charge in [0.15, 0.2) is 11.6 Å². The number of methoxy groups -OCH3 is 1. The number of benzene rings is 1. The van der Waals surface area contributed by atoms with E-state index in [1.165, 1.54) is 13.2 Å². The minimum Gasteiger partial charge on any atom is -0.494 e. The Morgan fingerprint density at radius 3 is 2.62 bits per heavy atom. The molecule has 1 atom stereocenters. The first-order chi connectivity index (χ1) is 9.79. The molecule has 0 bridgehead atoms. The predicted molar refractivity (Wildman–Crippen MR) is 79.5 cm³/mol. The first-order valence-electron chi connectivity index (χ1n) is 7.03. The zero-order chi connectivity index (χ0) is 16.0. The van der Waals surface area contributed by atoms with Crippen LogP contribution >= 0.6 is 0 Å². The minimum atomic E-state index is -0.436. The number of carbonyl (C=O) groups excluding carboxylic acids is 1. The van der Waals surface area contributed by atoms with E-state index < -0.39 is 5.82 Å². The minimum absolute atomic E-state index is 0.191. The fourth-order valence-electron chi connectivity index (χ4n) is 2.30. The summed E-state index contributed by atoms with van der Waals surface area (Å²) in [6.45, 7) is 6.04. The Morgan fingerprint density at radius 2 is 2.10 bits per heavy atom. The summed E-state index contributed by atoms with van der Waals surface area (Å²) in [6.07, 6.45) is 0.838. The summed E-state index contributed by atoms with van der Waals surface area (Å²) in [5.74, 6) is -0.485. The van der Waals surface area contributed by atoms with Crippen molar-refractivity contribution < 1.29 is 18.7 Å². The van der Waals surface area contributed by atoms with E-state index in [2.05, 4.69) is 0 Å². The summed E-state index contributed by atoms with van der Waals surface area (Å²) >= 11 is 0. The Bertz CT molecular complexity index is 488. The van der Waals surface area contributed by atoms with Gasteiger partial charge < -0.3 is 15.2 Å². The number of rotatable bonds is 7. The van der Waals surface area contributed by atoms with E-state index >= 15 is 0 Å². The van der Waals surface area contributed by atoms with Crippen LogP contribution < -0.4 is 10.5 Å². The van der Waals surface area contributed by atoms with Gasteiger partial charge in [0.1, 0.15) is 0 Å². The Morgan fingerprint density at radius 1 is 1.43 bits per heavy atom. The Kier molecular flexibility index (Phi) is 6.15. The third kappa shape index (κ3) is 5.34. The molecule has 1 aromatic rings. The van der Waals surface area contributed by atoms with Crippen molar-refractivity contribution in [3.8, 4) is 5.75 Å². The second-order valence-corrected chi connectivity index (χ2v) is 5.85. The molecule has 4 nitrogen and oxygen atoms in total. The second-order valence-electron chi connectivity index (χ2n) is 5.85. The van der Waals surface area contributed by atoms with E-state index in [0.717, 1.165) is 0 Å². The lowest BCUT2D eigenvalue weighted by atomic mass is 9.81. The zero-order valence-corrected chi connectivity index (χ0v) is 13.1. The van der Waals surface area contributed by atoms with Crippen molar-refractivity contribution in [2.24, 2.45) is 11.1 Å². The summed E-state index contributed by atoms with van der Waals surface area (Å²) in [4.78, 5) is 11.6. The molecular formula is C16H24FNO3. The molecule has 1 rings (SSSR count). The fraction of sp³-hybridized carbons (Fsp3) is 0.562. The number of ether oxygens (including phenoxy) is 2. The van der Waals surface area contributed by atoms with Gasteiger partial charge in [-0.2, -0.15) is 0 Å². The lowest BCUT2D eigenvalue weighted by molar-refractivity contribution is -0.145. The van der Waals surface area contributed by atoms with Crippen LogP contribution in [0.2, 0.25) is 0 Å². The molecule has 1 aromatic carbocycles. The molecule has 0 heterocycles. The van der Waals surface area contributed by atoms with E-state index in [1.54, 1.807) is 19.1 Å². The molecule has 2 N–H and O–H groups in total. The first kappa shape index (κ1) is 17.4. The van der Waals surface area contributed by atoms with Crippen LogP contribution in [0.15, 0.2) is 18.2 Å². The molecule has 0 radical (unpaired) electrons. The molecule has 0 aliphatic carbocycles. The molecule has 21 heavy (non-hydrogen) atoms. The average Bonchev–Trinajstić information content (AvgIpc) is 2.37. The van der Waals surface area contributed by atoms with Crippen molar-refractivity contribution in [3.05, 3.63) is 29.6 Å². The molecule has 5 heteroatoms. The van der Waals surface area contributed by atoms with Crippen molar-refractivity contribution >= 4 is 5.97 Å². The van der Waals surface area contributed by atoms with Crippen LogP contribution in [0.3, 0.4) is 0 Å². The van der Waals surface area contributed by atoms with Gasteiger partial charge >= 0.3 is 5.97 Å². The smallest absolute Gasteiger partial charge is 0.306 e. The summed E-state index contributed by atoms with van der Waals surface area (Å²) in [6, 6.07) is 4.33. The highest BCUT2D eigenvalue weighted by Crippen LogP contribution is 2.33. The number of hydrogen-bond donors (Lipinski definition) is 1. The zero-order valence-electron chi connectivity index (χ0n) is 13.1. The highest BCUT2D eigenvalue weighted by molar-refractivity contribution is 5.70. The van der Waals surface area contributed by atoms with Crippen molar-refractivity contribution in [2.45, 2.75) is 39.7 Å². The van der Waals surface area contributed by atoms with E-state index in [4.69, 9.17) is 15.2 Å². The molecule has 0 aliphatic heterocycles. The highest BCUT2D eigenvalue weighted by Gasteiger charge is 2.26. The standard InChI is InChI=1S/C16H24FNO3/c1-5-21-15(19)10-16(2,3)9-13(18)11-6-7-14(20-4)12(17)8-11/h6-8,13H,5,9-10,18H2,1-4H3. The van der Waals surface area contributed by atoms with Crippen molar-refractivity contribution in [2.75, 3.05) is 13.7 Å². The third-order valence-corrected chi connectivity index (χ3v) is 3.30. The second kappa shape index (κ2) is 7.41. The topological polar surface area (TPSA) is 61.5 Å². The van der Waals surface area contributed by atoms with Gasteiger partial charge in [0, 0.05) is 6.04 Å². The fourth-order valence-corrected chi connectivity index (χ4v) is 2.30. The molecule has 0 saturated heterocycles. The summed E-state index contributed by atoms with van der Waals surface area (Å²) in [5.41, 5.74) is 6.50. The molecular weight excluding hydrogens is 273 g/mol. The van der Waals surface area contributed by atoms with Crippen LogP contribution in [0, 0.1) is 11.2 Å². The summed E-state index contributed by atoms with van der Waals surface area (Å²) in [7, 11) is 1.42. The molecule has 0 aromatic heterocycles. The highest BCUT2D eigenvalue weighted by atomic mass is 19.1. The number of hydrogen-bond acceptors (Lipinski definition) is 4. The predicted octanol–water partition coefficient (Wildman–Crippen LogP) is 3.20. The van der Waals surface area contributed by atoms with Gasteiger partial charge in [0.2, 0.25) is 0 Å². The summed E-state index contributed by atoms with van der Waals surface area (Å²) < 4.78 is 23.5. The van der Waals surface area contributed by atoms with Gasteiger partial charge in [-0.1, -0.05) is 19.9 Å². The molecule has 0 fully saturated rings. The van der Waals surface area contributed by atoms with Gasteiger partial charge in [-0.3, -0.25) is 4.79 Å². The van der Waals surface area contributed by atoms with E-state index in [9.17, 15) is 9.18 Å². The SMILES string of the molecule is CCOC(=O)CC(C)(C)CC(N)c1ccc(OC)c(F)c1. The van der Waals surface area contributed by atoms with Gasteiger partial charge in [-0.15, -0.1) is 0 Å². The summed E-state index contributed by atoms with van der Waals surface area (Å²) in [5, 5.41) is 0. The third-order valence-electron chi connectivity index (χ3n) is 3.30. The molecule has 0 aliphatic rings. The lowest BCUT2D eigenvalue weighted by Gasteiger charge is -2.27. The van der Waals surface area contributed by atoms with Crippen LogP contribution in [0.1, 0.15) is 45.2 Å². The van der Waals surface area contributed by atoms with Gasteiger partial charge in [-0.25, -0.2) is 4.39 Å². The van der Waals surface area contributed by atoms with Crippen LogP contribution in [0.4, 0.5) is 4.39 Å². The number of nitrogens with two attached hydrogens (primary N) is 1. The Balaban J connectivity index is 2.73. The van der Waals surface area contributed by atoms with Crippen molar-refractivity contribution in [1.29, 1.82) is 0 Å². The van der Waals surface area contributed by atoms with E-state index in [0.29, 0.717) is 18.6 Å². The van der Waals surface area contributed by atoms with Gasteiger partial charge in [-0.05, 0) is 36.5 Å². The normalized spacial score (nSPS) is 12.9. The van der Waals surface area contributed by atoms with Crippen LogP contribution in [-0.2, 0) is 9.53 Å². The average molecular weight is 297 g/mol. The molecule has 1 unspecified atom stereocenters. The largest absolute Gasteiger partial charge is 0.494 e. The van der Waals surface area contributed by atoms with E-state index in [1.807, 2.05) is 13.8 Å². The molecule has 0 saturated carbocycles. The van der Waals surface area contributed by atoms with Crippen LogP contribution in [0.5, 0.6) is 5.75 Å². The van der Waals surface area contributed by atoms with Gasteiger partial charge in [0.05, 0.1) is 20.1 Å². The monoisotopic (exact) mass is 297 g/mol. The van der Waals surface area contributed by atoms with Gasteiger partial charge in [0.25, 0.3) is 0 Å². The van der Waals surface area contributed by atoms with E-state index in [-0.39, 0.29) is 29.6 Å². The lowest BCUT2D eigenvalue weighted by Crippen LogP contribution is -2.25. The number of carbonyl (C=O) groups is 1. The van der Waals surface area contributed by atoms with Crippen LogP contribution in [-0.4, -0.2) is 19.7 Å². The Labute approximate surface area is 125 Å². The van der Waals surface area contributed by atoms with Crippen molar-refractivity contribution in [1.82, 2.24) is 0 Å². The maximum absolute atomic E-state index is 13.7. The quantitative estimate of drug-likeness (QED) is 0.785. The first-order valence-corrected chi connectivity index (χ1v) is 7.03. The molecule has 0 amide bonds. The maximum atomic E-state index is 13.7. The van der Waals surface area contributed by atoms with Crippen LogP contribution in [0.25, 0.3) is 0 Å².